The monoisotopic (exact) mass is 172 g/mol. The molecule has 1 rings (SSSR count). The lowest BCUT2D eigenvalue weighted by atomic mass is 9.74. The summed E-state index contributed by atoms with van der Waals surface area (Å²) in [5.74, 6) is -0.770. The maximum Gasteiger partial charge on any atom is 0.306 e. The first-order valence-corrected chi connectivity index (χ1v) is 4.49. The van der Waals surface area contributed by atoms with Crippen molar-refractivity contribution in [3.63, 3.8) is 0 Å². The van der Waals surface area contributed by atoms with Crippen LogP contribution >= 0.6 is 0 Å². The molecule has 0 saturated heterocycles. The normalized spacial score (nSPS) is 36.3. The third-order valence-electron chi connectivity index (χ3n) is 2.87. The molecule has 0 aromatic carbocycles. The molecule has 0 radical (unpaired) electrons. The Morgan fingerprint density at radius 3 is 2.75 bits per heavy atom. The summed E-state index contributed by atoms with van der Waals surface area (Å²) < 4.78 is 0. The number of hydrogen-bond acceptors (Lipinski definition) is 2. The Labute approximate surface area is 72.4 Å². The molecule has 1 saturated carbocycles. The van der Waals surface area contributed by atoms with E-state index in [2.05, 4.69) is 0 Å². The van der Waals surface area contributed by atoms with E-state index >= 15 is 0 Å². The number of rotatable bonds is 2. The van der Waals surface area contributed by atoms with Crippen molar-refractivity contribution in [1.29, 1.82) is 0 Å². The molecule has 12 heavy (non-hydrogen) atoms. The Morgan fingerprint density at radius 1 is 1.58 bits per heavy atom. The number of carbonyl (C=O) groups is 1. The van der Waals surface area contributed by atoms with E-state index in [4.69, 9.17) is 5.11 Å². The quantitative estimate of drug-likeness (QED) is 0.662. The van der Waals surface area contributed by atoms with Crippen molar-refractivity contribution in [3.8, 4) is 0 Å². The van der Waals surface area contributed by atoms with E-state index in [9.17, 15) is 9.90 Å². The smallest absolute Gasteiger partial charge is 0.306 e. The minimum absolute atomic E-state index is 0.103. The Hall–Kier alpha value is -0.570. The van der Waals surface area contributed by atoms with E-state index < -0.39 is 11.6 Å². The van der Waals surface area contributed by atoms with Crippen LogP contribution < -0.4 is 0 Å². The molecule has 0 heterocycles. The van der Waals surface area contributed by atoms with Crippen LogP contribution in [-0.2, 0) is 4.79 Å². The first kappa shape index (κ1) is 9.52. The summed E-state index contributed by atoms with van der Waals surface area (Å²) in [6.07, 6.45) is 3.55. The number of hydrogen-bond donors (Lipinski definition) is 2. The van der Waals surface area contributed by atoms with Crippen molar-refractivity contribution >= 4 is 5.97 Å². The number of carboxylic acids is 1. The molecule has 0 amide bonds. The number of aliphatic hydroxyl groups is 1. The molecule has 2 atom stereocenters. The van der Waals surface area contributed by atoms with E-state index in [0.29, 0.717) is 6.42 Å². The van der Waals surface area contributed by atoms with Crippen LogP contribution in [0.4, 0.5) is 0 Å². The van der Waals surface area contributed by atoms with Gasteiger partial charge in [0, 0.05) is 0 Å². The van der Waals surface area contributed by atoms with Crippen molar-refractivity contribution in [2.24, 2.45) is 5.92 Å². The predicted octanol–water partition coefficient (Wildman–Crippen LogP) is 1.40. The fourth-order valence-electron chi connectivity index (χ4n) is 1.92. The predicted molar refractivity (Wildman–Crippen MR) is 44.8 cm³/mol. The van der Waals surface area contributed by atoms with Crippen molar-refractivity contribution in [2.75, 3.05) is 0 Å². The van der Waals surface area contributed by atoms with Crippen LogP contribution in [-0.4, -0.2) is 21.8 Å². The third kappa shape index (κ3) is 1.97. The molecule has 0 aromatic rings. The van der Waals surface area contributed by atoms with Gasteiger partial charge < -0.3 is 10.2 Å². The lowest BCUT2D eigenvalue weighted by Crippen LogP contribution is -2.41. The summed E-state index contributed by atoms with van der Waals surface area (Å²) in [4.78, 5) is 10.5. The third-order valence-corrected chi connectivity index (χ3v) is 2.87. The minimum atomic E-state index is -0.940. The molecule has 70 valence electrons. The molecule has 3 heteroatoms. The molecule has 1 aliphatic carbocycles. The zero-order chi connectivity index (χ0) is 9.19. The van der Waals surface area contributed by atoms with Crippen LogP contribution in [0.3, 0.4) is 0 Å². The van der Waals surface area contributed by atoms with Gasteiger partial charge in [-0.15, -0.1) is 0 Å². The van der Waals surface area contributed by atoms with Gasteiger partial charge in [0.25, 0.3) is 0 Å². The zero-order valence-electron chi connectivity index (χ0n) is 7.42. The van der Waals surface area contributed by atoms with Gasteiger partial charge in [0.15, 0.2) is 0 Å². The Balaban J connectivity index is 2.59. The second-order valence-corrected chi connectivity index (χ2v) is 3.82. The standard InChI is InChI=1S/C9H16O3/c1-7-4-2-3-5-9(7,12)6-8(10)11/h7,12H,2-6H2,1H3,(H,10,11)/t7-,9-/m1/s1. The van der Waals surface area contributed by atoms with Gasteiger partial charge in [0.1, 0.15) is 0 Å². The largest absolute Gasteiger partial charge is 0.481 e. The van der Waals surface area contributed by atoms with Gasteiger partial charge >= 0.3 is 5.97 Å². The van der Waals surface area contributed by atoms with Crippen molar-refractivity contribution < 1.29 is 15.0 Å². The molecule has 0 aromatic heterocycles. The van der Waals surface area contributed by atoms with Crippen LogP contribution in [0.5, 0.6) is 0 Å². The minimum Gasteiger partial charge on any atom is -0.481 e. The van der Waals surface area contributed by atoms with Crippen LogP contribution in [0.25, 0.3) is 0 Å². The van der Waals surface area contributed by atoms with Crippen LogP contribution in [0, 0.1) is 5.92 Å². The average molecular weight is 172 g/mol. The molecule has 1 aliphatic rings. The SMILES string of the molecule is C[C@@H]1CCCC[C@@]1(O)CC(=O)O. The fraction of sp³-hybridized carbons (Fsp3) is 0.889. The summed E-state index contributed by atoms with van der Waals surface area (Å²) in [7, 11) is 0. The van der Waals surface area contributed by atoms with Gasteiger partial charge in [-0.3, -0.25) is 4.79 Å². The van der Waals surface area contributed by atoms with Crippen molar-refractivity contribution in [1.82, 2.24) is 0 Å². The molecule has 0 spiro atoms. The van der Waals surface area contributed by atoms with Crippen LogP contribution in [0.15, 0.2) is 0 Å². The van der Waals surface area contributed by atoms with Gasteiger partial charge in [0.2, 0.25) is 0 Å². The lowest BCUT2D eigenvalue weighted by molar-refractivity contribution is -0.146. The first-order valence-electron chi connectivity index (χ1n) is 4.49. The molecule has 1 fully saturated rings. The summed E-state index contributed by atoms with van der Waals surface area (Å²) in [5, 5.41) is 18.5. The topological polar surface area (TPSA) is 57.5 Å². The molecule has 3 nitrogen and oxygen atoms in total. The highest BCUT2D eigenvalue weighted by molar-refractivity contribution is 5.68. The van der Waals surface area contributed by atoms with Gasteiger partial charge in [-0.2, -0.15) is 0 Å². The molecule has 2 N–H and O–H groups in total. The molecule has 0 aliphatic heterocycles. The highest BCUT2D eigenvalue weighted by Gasteiger charge is 2.37. The summed E-state index contributed by atoms with van der Waals surface area (Å²) in [5.41, 5.74) is -0.940. The fourth-order valence-corrected chi connectivity index (χ4v) is 1.92. The van der Waals surface area contributed by atoms with Crippen molar-refractivity contribution in [3.05, 3.63) is 0 Å². The second kappa shape index (κ2) is 3.44. The van der Waals surface area contributed by atoms with Gasteiger partial charge in [0.05, 0.1) is 12.0 Å². The van der Waals surface area contributed by atoms with E-state index in [0.717, 1.165) is 19.3 Å². The van der Waals surface area contributed by atoms with E-state index in [1.165, 1.54) is 0 Å². The Bertz CT molecular complexity index is 179. The molecular weight excluding hydrogens is 156 g/mol. The van der Waals surface area contributed by atoms with Crippen LogP contribution in [0.1, 0.15) is 39.0 Å². The van der Waals surface area contributed by atoms with Gasteiger partial charge in [-0.25, -0.2) is 0 Å². The Kier molecular flexibility index (Phi) is 2.73. The maximum atomic E-state index is 10.5. The Morgan fingerprint density at radius 2 is 2.25 bits per heavy atom. The van der Waals surface area contributed by atoms with Crippen LogP contribution in [0.2, 0.25) is 0 Å². The number of carboxylic acid groups (broad SMARTS) is 1. The summed E-state index contributed by atoms with van der Waals surface area (Å²) in [6.45, 7) is 1.93. The van der Waals surface area contributed by atoms with Gasteiger partial charge in [-0.1, -0.05) is 19.8 Å². The molecular formula is C9H16O3. The van der Waals surface area contributed by atoms with E-state index in [1.54, 1.807) is 0 Å². The van der Waals surface area contributed by atoms with E-state index in [-0.39, 0.29) is 12.3 Å². The lowest BCUT2D eigenvalue weighted by Gasteiger charge is -2.36. The van der Waals surface area contributed by atoms with Gasteiger partial charge in [-0.05, 0) is 18.8 Å². The average Bonchev–Trinajstić information content (AvgIpc) is 1.94. The first-order chi connectivity index (χ1) is 5.54. The summed E-state index contributed by atoms with van der Waals surface area (Å²) in [6, 6.07) is 0. The highest BCUT2D eigenvalue weighted by atomic mass is 16.4. The molecule has 0 unspecified atom stereocenters. The van der Waals surface area contributed by atoms with Crippen molar-refractivity contribution in [2.45, 2.75) is 44.6 Å². The second-order valence-electron chi connectivity index (χ2n) is 3.82. The summed E-state index contributed by atoms with van der Waals surface area (Å²) >= 11 is 0. The van der Waals surface area contributed by atoms with E-state index in [1.807, 2.05) is 6.92 Å². The zero-order valence-corrected chi connectivity index (χ0v) is 7.42. The molecule has 0 bridgehead atoms. The number of aliphatic carboxylic acids is 1. The highest BCUT2D eigenvalue weighted by Crippen LogP contribution is 2.35. The maximum absolute atomic E-state index is 10.5.